The van der Waals surface area contributed by atoms with Crippen molar-refractivity contribution in [2.45, 2.75) is 19.9 Å². The van der Waals surface area contributed by atoms with Crippen LogP contribution in [0.4, 0.5) is 9.18 Å². The zero-order valence-corrected chi connectivity index (χ0v) is 10.3. The molecule has 16 heavy (non-hydrogen) atoms. The second kappa shape index (κ2) is 4.05. The Morgan fingerprint density at radius 2 is 2.31 bits per heavy atom. The van der Waals surface area contributed by atoms with Gasteiger partial charge in [-0.25, -0.2) is 9.18 Å². The van der Waals surface area contributed by atoms with Crippen LogP contribution in [-0.4, -0.2) is 22.6 Å². The molecule has 0 fully saturated rings. The van der Waals surface area contributed by atoms with E-state index in [4.69, 9.17) is 5.11 Å². The van der Waals surface area contributed by atoms with Crippen LogP contribution in [0.3, 0.4) is 0 Å². The summed E-state index contributed by atoms with van der Waals surface area (Å²) in [5, 5.41) is 8.92. The van der Waals surface area contributed by atoms with E-state index in [1.165, 1.54) is 11.0 Å². The van der Waals surface area contributed by atoms with Crippen LogP contribution in [0.5, 0.6) is 0 Å². The highest BCUT2D eigenvalue weighted by molar-refractivity contribution is 9.10. The maximum absolute atomic E-state index is 13.4. The second-order valence-corrected chi connectivity index (χ2v) is 4.68. The third kappa shape index (κ3) is 1.80. The minimum Gasteiger partial charge on any atom is -0.465 e. The Labute approximate surface area is 101 Å². The minimum atomic E-state index is -0.925. The molecule has 0 aliphatic carbocycles. The Hall–Kier alpha value is -1.10. The first kappa shape index (κ1) is 11.4. The molecule has 1 aliphatic rings. The van der Waals surface area contributed by atoms with E-state index in [0.717, 1.165) is 16.7 Å². The summed E-state index contributed by atoms with van der Waals surface area (Å²) in [7, 11) is 0. The number of carbonyl (C=O) groups is 1. The van der Waals surface area contributed by atoms with E-state index in [1.54, 1.807) is 6.92 Å². The van der Waals surface area contributed by atoms with Gasteiger partial charge in [-0.05, 0) is 52.0 Å². The largest absolute Gasteiger partial charge is 0.465 e. The molecule has 1 aromatic carbocycles. The fourth-order valence-electron chi connectivity index (χ4n) is 1.99. The summed E-state index contributed by atoms with van der Waals surface area (Å²) in [6, 6.07) is 1.49. The number of hydrogen-bond acceptors (Lipinski definition) is 1. The monoisotopic (exact) mass is 287 g/mol. The molecule has 0 saturated heterocycles. The molecule has 1 aromatic rings. The molecule has 5 heteroatoms. The van der Waals surface area contributed by atoms with Gasteiger partial charge in [0.2, 0.25) is 0 Å². The molecular formula is C11H11BrFNO2. The number of hydrogen-bond donors (Lipinski definition) is 1. The van der Waals surface area contributed by atoms with Crippen molar-refractivity contribution < 1.29 is 14.3 Å². The summed E-state index contributed by atoms with van der Waals surface area (Å²) in [6.07, 6.45) is -0.349. The predicted molar refractivity (Wildman–Crippen MR) is 61.0 cm³/mol. The highest BCUT2D eigenvalue weighted by Gasteiger charge is 2.23. The lowest BCUT2D eigenvalue weighted by Crippen LogP contribution is -2.35. The van der Waals surface area contributed by atoms with Crippen LogP contribution >= 0.6 is 15.9 Å². The third-order valence-electron chi connectivity index (χ3n) is 2.95. The molecule has 0 unspecified atom stereocenters. The number of carboxylic acid groups (broad SMARTS) is 1. The van der Waals surface area contributed by atoms with E-state index in [2.05, 4.69) is 15.9 Å². The van der Waals surface area contributed by atoms with Gasteiger partial charge in [0.15, 0.2) is 0 Å². The lowest BCUT2D eigenvalue weighted by atomic mass is 9.95. The van der Waals surface area contributed by atoms with Gasteiger partial charge in [-0.15, -0.1) is 0 Å². The van der Waals surface area contributed by atoms with E-state index in [0.29, 0.717) is 24.0 Å². The molecule has 0 bridgehead atoms. The Morgan fingerprint density at radius 3 is 2.94 bits per heavy atom. The van der Waals surface area contributed by atoms with Crippen LogP contribution in [0.15, 0.2) is 10.5 Å². The summed E-state index contributed by atoms with van der Waals surface area (Å²) in [4.78, 5) is 12.2. The van der Waals surface area contributed by atoms with Crippen molar-refractivity contribution >= 4 is 22.0 Å². The SMILES string of the molecule is Cc1c(Br)c(F)cc2c1CN(C(=O)O)CC2. The van der Waals surface area contributed by atoms with Crippen LogP contribution in [0.1, 0.15) is 16.7 Å². The van der Waals surface area contributed by atoms with Crippen LogP contribution < -0.4 is 0 Å². The Kier molecular flexibility index (Phi) is 2.88. The summed E-state index contributed by atoms with van der Waals surface area (Å²) in [5.41, 5.74) is 2.62. The molecule has 0 radical (unpaired) electrons. The number of halogens is 2. The van der Waals surface area contributed by atoms with Crippen LogP contribution in [0, 0.1) is 12.7 Å². The van der Waals surface area contributed by atoms with Crippen LogP contribution in [0.25, 0.3) is 0 Å². The zero-order valence-electron chi connectivity index (χ0n) is 8.76. The molecule has 2 rings (SSSR count). The Bertz CT molecular complexity index is 462. The van der Waals surface area contributed by atoms with Crippen molar-refractivity contribution in [1.82, 2.24) is 4.90 Å². The quantitative estimate of drug-likeness (QED) is 0.797. The molecule has 0 atom stereocenters. The van der Waals surface area contributed by atoms with E-state index in [9.17, 15) is 9.18 Å². The van der Waals surface area contributed by atoms with Gasteiger partial charge in [0.05, 0.1) is 4.47 Å². The summed E-state index contributed by atoms with van der Waals surface area (Å²) in [5.74, 6) is -0.278. The summed E-state index contributed by atoms with van der Waals surface area (Å²) in [6.45, 7) is 2.58. The van der Waals surface area contributed by atoms with Crippen molar-refractivity contribution in [2.75, 3.05) is 6.54 Å². The fraction of sp³-hybridized carbons (Fsp3) is 0.364. The molecule has 0 spiro atoms. The molecule has 1 amide bonds. The number of benzene rings is 1. The van der Waals surface area contributed by atoms with Crippen molar-refractivity contribution in [3.8, 4) is 0 Å². The van der Waals surface area contributed by atoms with E-state index >= 15 is 0 Å². The van der Waals surface area contributed by atoms with Gasteiger partial charge in [-0.2, -0.15) is 0 Å². The highest BCUT2D eigenvalue weighted by atomic mass is 79.9. The number of nitrogens with zero attached hydrogens (tertiary/aromatic N) is 1. The Balaban J connectivity index is 2.45. The molecule has 3 nitrogen and oxygen atoms in total. The average molecular weight is 288 g/mol. The highest BCUT2D eigenvalue weighted by Crippen LogP contribution is 2.30. The first-order valence-corrected chi connectivity index (χ1v) is 5.74. The number of fused-ring (bicyclic) bond motifs is 1. The van der Waals surface area contributed by atoms with Gasteiger partial charge in [0, 0.05) is 13.1 Å². The first-order valence-electron chi connectivity index (χ1n) is 4.95. The van der Waals surface area contributed by atoms with Gasteiger partial charge in [0.1, 0.15) is 5.82 Å². The average Bonchev–Trinajstić information content (AvgIpc) is 2.25. The molecule has 86 valence electrons. The van der Waals surface area contributed by atoms with Crippen molar-refractivity contribution in [3.63, 3.8) is 0 Å². The lowest BCUT2D eigenvalue weighted by molar-refractivity contribution is 0.139. The number of amides is 1. The lowest BCUT2D eigenvalue weighted by Gasteiger charge is -2.28. The molecule has 1 heterocycles. The normalized spacial score (nSPS) is 14.8. The smallest absolute Gasteiger partial charge is 0.407 e. The molecule has 1 aliphatic heterocycles. The maximum Gasteiger partial charge on any atom is 0.407 e. The predicted octanol–water partition coefficient (Wildman–Crippen LogP) is 2.93. The van der Waals surface area contributed by atoms with Crippen molar-refractivity contribution in [2.24, 2.45) is 0 Å². The Morgan fingerprint density at radius 1 is 1.62 bits per heavy atom. The van der Waals surface area contributed by atoms with Gasteiger partial charge in [-0.1, -0.05) is 0 Å². The van der Waals surface area contributed by atoms with Gasteiger partial charge in [-0.3, -0.25) is 0 Å². The van der Waals surface area contributed by atoms with Crippen LogP contribution in [0.2, 0.25) is 0 Å². The minimum absolute atomic E-state index is 0.278. The topological polar surface area (TPSA) is 40.5 Å². The van der Waals surface area contributed by atoms with Gasteiger partial charge >= 0.3 is 6.09 Å². The second-order valence-electron chi connectivity index (χ2n) is 3.89. The van der Waals surface area contributed by atoms with E-state index in [1.807, 2.05) is 0 Å². The summed E-state index contributed by atoms with van der Waals surface area (Å²) < 4.78 is 13.9. The zero-order chi connectivity index (χ0) is 11.9. The fourth-order valence-corrected chi connectivity index (χ4v) is 2.34. The van der Waals surface area contributed by atoms with E-state index in [-0.39, 0.29) is 5.82 Å². The standard InChI is InChI=1S/C11H11BrFNO2/c1-6-8-5-14(11(15)16)3-2-7(8)4-9(13)10(6)12/h4H,2-3,5H2,1H3,(H,15,16). The van der Waals surface area contributed by atoms with Crippen molar-refractivity contribution in [3.05, 3.63) is 33.0 Å². The molecular weight excluding hydrogens is 277 g/mol. The molecule has 1 N–H and O–H groups in total. The van der Waals surface area contributed by atoms with Gasteiger partial charge < -0.3 is 10.0 Å². The van der Waals surface area contributed by atoms with Gasteiger partial charge in [0.25, 0.3) is 0 Å². The first-order chi connectivity index (χ1) is 7.50. The van der Waals surface area contributed by atoms with Crippen molar-refractivity contribution in [1.29, 1.82) is 0 Å². The number of rotatable bonds is 0. The van der Waals surface area contributed by atoms with E-state index < -0.39 is 6.09 Å². The third-order valence-corrected chi connectivity index (χ3v) is 3.92. The molecule has 0 saturated carbocycles. The molecule has 0 aromatic heterocycles. The summed E-state index contributed by atoms with van der Waals surface area (Å²) >= 11 is 3.17. The van der Waals surface area contributed by atoms with Crippen LogP contribution in [-0.2, 0) is 13.0 Å². The maximum atomic E-state index is 13.4.